The van der Waals surface area contributed by atoms with E-state index in [-0.39, 0.29) is 29.9 Å². The molecule has 1 aliphatic heterocycles. The second-order valence-electron chi connectivity index (χ2n) is 6.81. The van der Waals surface area contributed by atoms with Crippen molar-refractivity contribution in [2.24, 2.45) is 10.9 Å². The van der Waals surface area contributed by atoms with Crippen molar-refractivity contribution >= 4 is 41.5 Å². The van der Waals surface area contributed by atoms with Gasteiger partial charge in [-0.3, -0.25) is 4.79 Å². The van der Waals surface area contributed by atoms with Crippen molar-refractivity contribution in [2.45, 2.75) is 40.3 Å². The van der Waals surface area contributed by atoms with E-state index in [0.717, 1.165) is 30.3 Å². The minimum Gasteiger partial charge on any atom is -0.360 e. The molecule has 3 N–H and O–H groups in total. The zero-order chi connectivity index (χ0) is 18.2. The molecule has 1 amide bonds. The average Bonchev–Trinajstić information content (AvgIpc) is 2.60. The van der Waals surface area contributed by atoms with Gasteiger partial charge < -0.3 is 20.9 Å². The number of rotatable bonds is 6. The third-order valence-corrected chi connectivity index (χ3v) is 4.47. The number of anilines is 1. The van der Waals surface area contributed by atoms with Crippen molar-refractivity contribution in [1.82, 2.24) is 16.0 Å². The molecule has 0 bridgehead atoms. The maximum atomic E-state index is 11.5. The van der Waals surface area contributed by atoms with E-state index < -0.39 is 0 Å². The maximum Gasteiger partial charge on any atom is 0.239 e. The van der Waals surface area contributed by atoms with Crippen molar-refractivity contribution in [3.63, 3.8) is 0 Å². The van der Waals surface area contributed by atoms with Crippen molar-refractivity contribution in [2.75, 3.05) is 31.1 Å². The minimum absolute atomic E-state index is 0. The average molecular weight is 473 g/mol. The second-order valence-corrected chi connectivity index (χ2v) is 6.81. The lowest BCUT2D eigenvalue weighted by molar-refractivity contribution is -0.120. The van der Waals surface area contributed by atoms with Crippen LogP contribution in [0.3, 0.4) is 0 Å². The topological polar surface area (TPSA) is 68.8 Å². The highest BCUT2D eigenvalue weighted by Crippen LogP contribution is 2.16. The van der Waals surface area contributed by atoms with E-state index in [1.807, 2.05) is 0 Å². The molecule has 1 fully saturated rings. The Hall–Kier alpha value is -1.51. The highest BCUT2D eigenvalue weighted by atomic mass is 127. The number of amides is 1. The molecule has 1 aromatic rings. The van der Waals surface area contributed by atoms with Gasteiger partial charge >= 0.3 is 0 Å². The summed E-state index contributed by atoms with van der Waals surface area (Å²) in [6, 6.07) is 8.67. The van der Waals surface area contributed by atoms with Crippen molar-refractivity contribution in [3.05, 3.63) is 29.8 Å². The van der Waals surface area contributed by atoms with Gasteiger partial charge in [0, 0.05) is 31.4 Å². The molecular weight excluding hydrogens is 441 g/mol. The molecule has 26 heavy (non-hydrogen) atoms. The van der Waals surface area contributed by atoms with Gasteiger partial charge in [0.2, 0.25) is 5.91 Å². The lowest BCUT2D eigenvalue weighted by atomic mass is 10.1. The summed E-state index contributed by atoms with van der Waals surface area (Å²) in [6.07, 6.45) is 0. The number of benzene rings is 1. The zero-order valence-corrected chi connectivity index (χ0v) is 18.5. The molecule has 2 rings (SSSR count). The fourth-order valence-corrected chi connectivity index (χ4v) is 2.54. The normalized spacial score (nSPS) is 16.0. The summed E-state index contributed by atoms with van der Waals surface area (Å²) in [5.41, 5.74) is 2.24. The smallest absolute Gasteiger partial charge is 0.239 e. The highest BCUT2D eigenvalue weighted by molar-refractivity contribution is 14.0. The van der Waals surface area contributed by atoms with Crippen LogP contribution in [0.2, 0.25) is 0 Å². The van der Waals surface area contributed by atoms with Crippen LogP contribution in [0, 0.1) is 5.92 Å². The zero-order valence-electron chi connectivity index (χ0n) is 16.2. The first-order chi connectivity index (χ1) is 12.0. The van der Waals surface area contributed by atoms with E-state index >= 15 is 0 Å². The van der Waals surface area contributed by atoms with Gasteiger partial charge in [-0.1, -0.05) is 26.0 Å². The maximum absolute atomic E-state index is 11.5. The number of piperazine rings is 1. The van der Waals surface area contributed by atoms with E-state index in [1.165, 1.54) is 0 Å². The standard InChI is InChI=1S/C19H31N5O.HI/c1-5-20-19(23-15(4)14(2)3)22-12-16-6-8-17(9-7-16)24-11-10-21-18(25)13-24;/h6-9,14-15H,5,10-13H2,1-4H3,(H,21,25)(H2,20,22,23);1H. The predicted molar refractivity (Wildman–Crippen MR) is 119 cm³/mol. The summed E-state index contributed by atoms with van der Waals surface area (Å²) in [5.74, 6) is 1.48. The SMILES string of the molecule is CCNC(=NCc1ccc(N2CCNC(=O)C2)cc1)NC(C)C(C)C.I. The van der Waals surface area contributed by atoms with Crippen LogP contribution in [-0.4, -0.2) is 44.1 Å². The molecular formula is C19H32IN5O. The van der Waals surface area contributed by atoms with Crippen LogP contribution in [0.1, 0.15) is 33.3 Å². The molecule has 1 aliphatic rings. The molecule has 1 unspecified atom stereocenters. The molecule has 1 heterocycles. The molecule has 1 atom stereocenters. The van der Waals surface area contributed by atoms with Gasteiger partial charge in [0.05, 0.1) is 13.1 Å². The number of aliphatic imine (C=N–C) groups is 1. The number of halogens is 1. The fourth-order valence-electron chi connectivity index (χ4n) is 2.54. The number of nitrogens with one attached hydrogen (secondary N) is 3. The fraction of sp³-hybridized carbons (Fsp3) is 0.579. The van der Waals surface area contributed by atoms with Gasteiger partial charge in [-0.2, -0.15) is 0 Å². The Kier molecular flexibility index (Phi) is 9.75. The monoisotopic (exact) mass is 473 g/mol. The summed E-state index contributed by atoms with van der Waals surface area (Å²) in [4.78, 5) is 18.3. The third-order valence-electron chi connectivity index (χ3n) is 4.47. The Bertz CT molecular complexity index is 588. The molecule has 0 radical (unpaired) electrons. The Morgan fingerprint density at radius 1 is 1.27 bits per heavy atom. The number of hydrogen-bond acceptors (Lipinski definition) is 3. The van der Waals surface area contributed by atoms with Crippen molar-refractivity contribution in [1.29, 1.82) is 0 Å². The van der Waals surface area contributed by atoms with Crippen molar-refractivity contribution in [3.8, 4) is 0 Å². The van der Waals surface area contributed by atoms with Gasteiger partial charge in [0.1, 0.15) is 0 Å². The molecule has 146 valence electrons. The Labute approximate surface area is 174 Å². The Morgan fingerprint density at radius 3 is 2.54 bits per heavy atom. The lowest BCUT2D eigenvalue weighted by Gasteiger charge is -2.28. The predicted octanol–water partition coefficient (Wildman–Crippen LogP) is 2.34. The van der Waals surface area contributed by atoms with Gasteiger partial charge in [-0.05, 0) is 37.5 Å². The lowest BCUT2D eigenvalue weighted by Crippen LogP contribution is -2.47. The van der Waals surface area contributed by atoms with E-state index in [1.54, 1.807) is 0 Å². The molecule has 1 saturated heterocycles. The van der Waals surface area contributed by atoms with Crippen LogP contribution in [0.4, 0.5) is 5.69 Å². The van der Waals surface area contributed by atoms with Gasteiger partial charge in [0.15, 0.2) is 5.96 Å². The summed E-state index contributed by atoms with van der Waals surface area (Å²) >= 11 is 0. The molecule has 0 saturated carbocycles. The molecule has 0 spiro atoms. The third kappa shape index (κ3) is 7.01. The number of guanidine groups is 1. The Balaban J connectivity index is 0.00000338. The Morgan fingerprint density at radius 2 is 1.96 bits per heavy atom. The molecule has 1 aromatic carbocycles. The molecule has 6 nitrogen and oxygen atoms in total. The molecule has 0 aliphatic carbocycles. The summed E-state index contributed by atoms with van der Waals surface area (Å²) in [6.45, 7) is 12.1. The second kappa shape index (κ2) is 11.3. The summed E-state index contributed by atoms with van der Waals surface area (Å²) in [5, 5.41) is 9.58. The first-order valence-corrected chi connectivity index (χ1v) is 9.15. The van der Waals surface area contributed by atoms with E-state index in [2.05, 4.69) is 77.8 Å². The van der Waals surface area contributed by atoms with E-state index in [9.17, 15) is 4.79 Å². The van der Waals surface area contributed by atoms with Crippen molar-refractivity contribution < 1.29 is 4.79 Å². The highest BCUT2D eigenvalue weighted by Gasteiger charge is 2.16. The largest absolute Gasteiger partial charge is 0.360 e. The minimum atomic E-state index is 0. The van der Waals surface area contributed by atoms with Gasteiger partial charge in [0.25, 0.3) is 0 Å². The first-order valence-electron chi connectivity index (χ1n) is 9.15. The van der Waals surface area contributed by atoms with E-state index in [0.29, 0.717) is 31.6 Å². The van der Waals surface area contributed by atoms with Crippen LogP contribution in [0.25, 0.3) is 0 Å². The van der Waals surface area contributed by atoms with Crippen LogP contribution in [0.15, 0.2) is 29.3 Å². The van der Waals surface area contributed by atoms with E-state index in [4.69, 9.17) is 0 Å². The number of hydrogen-bond donors (Lipinski definition) is 3. The summed E-state index contributed by atoms with van der Waals surface area (Å²) < 4.78 is 0. The van der Waals surface area contributed by atoms with Gasteiger partial charge in [-0.25, -0.2) is 4.99 Å². The van der Waals surface area contributed by atoms with Crippen LogP contribution >= 0.6 is 24.0 Å². The van der Waals surface area contributed by atoms with Crippen LogP contribution < -0.4 is 20.9 Å². The van der Waals surface area contributed by atoms with Crippen LogP contribution in [0.5, 0.6) is 0 Å². The summed E-state index contributed by atoms with van der Waals surface area (Å²) in [7, 11) is 0. The first kappa shape index (κ1) is 22.5. The van der Waals surface area contributed by atoms with Crippen LogP contribution in [-0.2, 0) is 11.3 Å². The molecule has 0 aromatic heterocycles. The quantitative estimate of drug-likeness (QED) is 0.337. The number of carbonyl (C=O) groups excluding carboxylic acids is 1. The molecule has 7 heteroatoms. The number of carbonyl (C=O) groups is 1. The van der Waals surface area contributed by atoms with Gasteiger partial charge in [-0.15, -0.1) is 24.0 Å². The number of nitrogens with zero attached hydrogens (tertiary/aromatic N) is 2.